The summed E-state index contributed by atoms with van der Waals surface area (Å²) in [6, 6.07) is 11.8. The van der Waals surface area contributed by atoms with Crippen LogP contribution in [0.4, 0.5) is 0 Å². The summed E-state index contributed by atoms with van der Waals surface area (Å²) in [6.45, 7) is 0.809. The molecule has 16 heavy (non-hydrogen) atoms. The number of nitrogens with zero attached hydrogens (tertiary/aromatic N) is 1. The van der Waals surface area contributed by atoms with Gasteiger partial charge in [0.2, 0.25) is 0 Å². The highest BCUT2D eigenvalue weighted by molar-refractivity contribution is 6.30. The number of pyridine rings is 1. The largest absolute Gasteiger partial charge is 0.316 e. The van der Waals surface area contributed by atoms with Crippen LogP contribution in [0.15, 0.2) is 42.6 Å². The molecule has 0 radical (unpaired) electrons. The lowest BCUT2D eigenvalue weighted by Gasteiger charge is -2.09. The highest BCUT2D eigenvalue weighted by Crippen LogP contribution is 2.25. The van der Waals surface area contributed by atoms with Gasteiger partial charge in [-0.1, -0.05) is 23.7 Å². The van der Waals surface area contributed by atoms with Crippen molar-refractivity contribution in [2.24, 2.45) is 0 Å². The Kier molecular flexibility index (Phi) is 3.54. The minimum Gasteiger partial charge on any atom is -0.316 e. The van der Waals surface area contributed by atoms with Crippen molar-refractivity contribution in [1.29, 1.82) is 0 Å². The van der Waals surface area contributed by atoms with E-state index in [0.717, 1.165) is 22.8 Å². The molecule has 0 aliphatic rings. The number of nitrogens with one attached hydrogen (secondary N) is 1. The van der Waals surface area contributed by atoms with Crippen LogP contribution in [0.2, 0.25) is 5.02 Å². The fraction of sp³-hybridized carbons (Fsp3) is 0.154. The lowest BCUT2D eigenvalue weighted by molar-refractivity contribution is 0.819. The fourth-order valence-electron chi connectivity index (χ4n) is 1.65. The Morgan fingerprint density at radius 3 is 2.81 bits per heavy atom. The minimum atomic E-state index is 0.737. The molecule has 0 spiro atoms. The average Bonchev–Trinajstić information content (AvgIpc) is 2.33. The van der Waals surface area contributed by atoms with E-state index in [1.54, 1.807) is 6.20 Å². The van der Waals surface area contributed by atoms with Crippen molar-refractivity contribution in [2.45, 2.75) is 6.54 Å². The second kappa shape index (κ2) is 5.10. The lowest BCUT2D eigenvalue weighted by atomic mass is 10.0. The summed E-state index contributed by atoms with van der Waals surface area (Å²) < 4.78 is 0. The fourth-order valence-corrected chi connectivity index (χ4v) is 1.83. The predicted octanol–water partition coefficient (Wildman–Crippen LogP) is 3.12. The summed E-state index contributed by atoms with van der Waals surface area (Å²) in [6.07, 6.45) is 1.79. The van der Waals surface area contributed by atoms with Gasteiger partial charge in [0, 0.05) is 23.3 Å². The molecule has 0 saturated carbocycles. The SMILES string of the molecule is CNCc1ccc(Cl)cc1-c1ccccn1. The van der Waals surface area contributed by atoms with E-state index in [4.69, 9.17) is 11.6 Å². The maximum absolute atomic E-state index is 6.02. The van der Waals surface area contributed by atoms with Crippen molar-refractivity contribution < 1.29 is 0 Å². The Labute approximate surface area is 100 Å². The molecule has 0 aliphatic carbocycles. The second-order valence-corrected chi connectivity index (χ2v) is 3.98. The van der Waals surface area contributed by atoms with Crippen LogP contribution < -0.4 is 5.32 Å². The summed E-state index contributed by atoms with van der Waals surface area (Å²) in [7, 11) is 1.93. The molecule has 0 bridgehead atoms. The van der Waals surface area contributed by atoms with Crippen LogP contribution in [0.1, 0.15) is 5.56 Å². The highest BCUT2D eigenvalue weighted by Gasteiger charge is 2.05. The molecular formula is C13H13ClN2. The molecule has 0 fully saturated rings. The van der Waals surface area contributed by atoms with Gasteiger partial charge in [-0.2, -0.15) is 0 Å². The first-order valence-electron chi connectivity index (χ1n) is 5.15. The van der Waals surface area contributed by atoms with E-state index in [1.165, 1.54) is 5.56 Å². The molecule has 2 rings (SSSR count). The molecule has 0 amide bonds. The van der Waals surface area contributed by atoms with Crippen LogP contribution in [-0.2, 0) is 6.54 Å². The summed E-state index contributed by atoms with van der Waals surface area (Å²) in [4.78, 5) is 4.35. The third kappa shape index (κ3) is 2.40. The van der Waals surface area contributed by atoms with E-state index in [-0.39, 0.29) is 0 Å². The Balaban J connectivity index is 2.49. The maximum atomic E-state index is 6.02. The zero-order valence-electron chi connectivity index (χ0n) is 9.07. The highest BCUT2D eigenvalue weighted by atomic mass is 35.5. The molecule has 0 atom stereocenters. The molecule has 1 aromatic carbocycles. The van der Waals surface area contributed by atoms with Crippen molar-refractivity contribution in [2.75, 3.05) is 7.05 Å². The summed E-state index contributed by atoms with van der Waals surface area (Å²) >= 11 is 6.02. The third-order valence-corrected chi connectivity index (χ3v) is 2.62. The number of rotatable bonds is 3. The van der Waals surface area contributed by atoms with Gasteiger partial charge < -0.3 is 5.32 Å². The zero-order chi connectivity index (χ0) is 11.4. The summed E-state index contributed by atoms with van der Waals surface area (Å²) in [5, 5.41) is 3.88. The third-order valence-electron chi connectivity index (χ3n) is 2.38. The monoisotopic (exact) mass is 232 g/mol. The van der Waals surface area contributed by atoms with Crippen LogP contribution in [0.5, 0.6) is 0 Å². The van der Waals surface area contributed by atoms with Crippen molar-refractivity contribution in [3.63, 3.8) is 0 Å². The quantitative estimate of drug-likeness (QED) is 0.880. The first kappa shape index (κ1) is 11.1. The molecular weight excluding hydrogens is 220 g/mol. The molecule has 1 heterocycles. The van der Waals surface area contributed by atoms with Crippen LogP contribution >= 0.6 is 11.6 Å². The Morgan fingerprint density at radius 1 is 1.25 bits per heavy atom. The average molecular weight is 233 g/mol. The van der Waals surface area contributed by atoms with E-state index < -0.39 is 0 Å². The van der Waals surface area contributed by atoms with Crippen LogP contribution in [0.25, 0.3) is 11.3 Å². The predicted molar refractivity (Wildman–Crippen MR) is 67.4 cm³/mol. The Morgan fingerprint density at radius 2 is 2.12 bits per heavy atom. The molecule has 1 N–H and O–H groups in total. The van der Waals surface area contributed by atoms with E-state index in [0.29, 0.717) is 0 Å². The van der Waals surface area contributed by atoms with E-state index in [2.05, 4.69) is 10.3 Å². The van der Waals surface area contributed by atoms with Gasteiger partial charge in [-0.05, 0) is 36.9 Å². The van der Waals surface area contributed by atoms with Gasteiger partial charge in [-0.25, -0.2) is 0 Å². The number of hydrogen-bond donors (Lipinski definition) is 1. The van der Waals surface area contributed by atoms with Gasteiger partial charge in [-0.3, -0.25) is 4.98 Å². The number of benzene rings is 1. The molecule has 2 nitrogen and oxygen atoms in total. The molecule has 1 aromatic heterocycles. The van der Waals surface area contributed by atoms with Gasteiger partial charge in [0.1, 0.15) is 0 Å². The molecule has 3 heteroatoms. The first-order chi connectivity index (χ1) is 7.81. The molecule has 0 aliphatic heterocycles. The Hall–Kier alpha value is -1.38. The molecule has 0 saturated heterocycles. The Bertz CT molecular complexity index is 469. The van der Waals surface area contributed by atoms with Gasteiger partial charge >= 0.3 is 0 Å². The molecule has 2 aromatic rings. The standard InChI is InChI=1S/C13H13ClN2/c1-15-9-10-5-6-11(14)8-12(10)13-4-2-3-7-16-13/h2-8,15H,9H2,1H3. The number of aromatic nitrogens is 1. The van der Waals surface area contributed by atoms with Crippen molar-refractivity contribution in [3.8, 4) is 11.3 Å². The van der Waals surface area contributed by atoms with E-state index in [9.17, 15) is 0 Å². The first-order valence-corrected chi connectivity index (χ1v) is 5.53. The van der Waals surface area contributed by atoms with Gasteiger partial charge in [0.15, 0.2) is 0 Å². The smallest absolute Gasteiger partial charge is 0.0705 e. The van der Waals surface area contributed by atoms with E-state index >= 15 is 0 Å². The normalized spacial score (nSPS) is 10.4. The minimum absolute atomic E-state index is 0.737. The van der Waals surface area contributed by atoms with Crippen LogP contribution in [0.3, 0.4) is 0 Å². The number of halogens is 1. The van der Waals surface area contributed by atoms with Gasteiger partial charge in [0.05, 0.1) is 5.69 Å². The van der Waals surface area contributed by atoms with Crippen molar-refractivity contribution in [3.05, 3.63) is 53.2 Å². The summed E-state index contributed by atoms with van der Waals surface area (Å²) in [5.41, 5.74) is 3.24. The van der Waals surface area contributed by atoms with Crippen LogP contribution in [-0.4, -0.2) is 12.0 Å². The van der Waals surface area contributed by atoms with Gasteiger partial charge in [0.25, 0.3) is 0 Å². The second-order valence-electron chi connectivity index (χ2n) is 3.55. The zero-order valence-corrected chi connectivity index (χ0v) is 9.83. The van der Waals surface area contributed by atoms with E-state index in [1.807, 2.05) is 43.4 Å². The van der Waals surface area contributed by atoms with Crippen LogP contribution in [0, 0.1) is 0 Å². The van der Waals surface area contributed by atoms with Gasteiger partial charge in [-0.15, -0.1) is 0 Å². The molecule has 82 valence electrons. The maximum Gasteiger partial charge on any atom is 0.0705 e. The number of hydrogen-bond acceptors (Lipinski definition) is 2. The summed E-state index contributed by atoms with van der Waals surface area (Å²) in [5.74, 6) is 0. The topological polar surface area (TPSA) is 24.9 Å². The molecule has 0 unspecified atom stereocenters. The van der Waals surface area contributed by atoms with Crippen molar-refractivity contribution in [1.82, 2.24) is 10.3 Å². The lowest BCUT2D eigenvalue weighted by Crippen LogP contribution is -2.06. The van der Waals surface area contributed by atoms with Crippen molar-refractivity contribution >= 4 is 11.6 Å².